The van der Waals surface area contributed by atoms with Gasteiger partial charge in [0.1, 0.15) is 0 Å². The number of nitrogens with one attached hydrogen (secondary N) is 1. The summed E-state index contributed by atoms with van der Waals surface area (Å²) in [5.41, 5.74) is 1.23. The van der Waals surface area contributed by atoms with Crippen LogP contribution >= 0.6 is 11.8 Å². The molecule has 4 nitrogen and oxygen atoms in total. The second-order valence-corrected chi connectivity index (χ2v) is 6.16. The standard InChI is InChI=1S/C13H26N4S/c1-6-18-8-7-11(2)14-9-12-10-15-13(16(3)4)17(12)5/h10-11,14H,6-9H2,1-5H3. The average Bonchev–Trinajstić information content (AvgIpc) is 2.68. The number of hydrogen-bond donors (Lipinski definition) is 1. The molecule has 0 radical (unpaired) electrons. The van der Waals surface area contributed by atoms with Crippen molar-refractivity contribution in [1.29, 1.82) is 0 Å². The van der Waals surface area contributed by atoms with E-state index >= 15 is 0 Å². The van der Waals surface area contributed by atoms with E-state index in [1.165, 1.54) is 23.6 Å². The molecule has 0 aliphatic heterocycles. The van der Waals surface area contributed by atoms with Crippen LogP contribution in [0.4, 0.5) is 5.95 Å². The molecule has 0 fully saturated rings. The maximum atomic E-state index is 4.41. The van der Waals surface area contributed by atoms with Crippen LogP contribution in [0.2, 0.25) is 0 Å². The Morgan fingerprint density at radius 1 is 1.50 bits per heavy atom. The van der Waals surface area contributed by atoms with Gasteiger partial charge in [-0.1, -0.05) is 6.92 Å². The molecule has 0 aliphatic carbocycles. The van der Waals surface area contributed by atoms with E-state index in [0.29, 0.717) is 6.04 Å². The zero-order valence-corrected chi connectivity index (χ0v) is 13.0. The molecule has 0 aliphatic rings. The van der Waals surface area contributed by atoms with Crippen molar-refractivity contribution in [3.05, 3.63) is 11.9 Å². The van der Waals surface area contributed by atoms with Crippen molar-refractivity contribution in [2.75, 3.05) is 30.5 Å². The summed E-state index contributed by atoms with van der Waals surface area (Å²) in [6, 6.07) is 0.557. The van der Waals surface area contributed by atoms with Gasteiger partial charge in [0, 0.05) is 33.7 Å². The van der Waals surface area contributed by atoms with E-state index in [-0.39, 0.29) is 0 Å². The Hall–Kier alpha value is -0.680. The molecule has 104 valence electrons. The number of nitrogens with zero attached hydrogens (tertiary/aromatic N) is 3. The zero-order chi connectivity index (χ0) is 13.5. The third-order valence-corrected chi connectivity index (χ3v) is 3.92. The van der Waals surface area contributed by atoms with Crippen LogP contribution in [-0.2, 0) is 13.6 Å². The van der Waals surface area contributed by atoms with E-state index in [0.717, 1.165) is 12.5 Å². The van der Waals surface area contributed by atoms with Crippen molar-refractivity contribution in [2.45, 2.75) is 32.9 Å². The molecule has 1 aromatic heterocycles. The van der Waals surface area contributed by atoms with Gasteiger partial charge < -0.3 is 14.8 Å². The minimum Gasteiger partial charge on any atom is -0.348 e. The summed E-state index contributed by atoms with van der Waals surface area (Å²) >= 11 is 2.01. The molecule has 1 atom stereocenters. The van der Waals surface area contributed by atoms with Gasteiger partial charge in [-0.05, 0) is 24.9 Å². The van der Waals surface area contributed by atoms with E-state index in [2.05, 4.69) is 35.8 Å². The highest BCUT2D eigenvalue weighted by molar-refractivity contribution is 7.99. The van der Waals surface area contributed by atoms with E-state index < -0.39 is 0 Å². The van der Waals surface area contributed by atoms with Crippen LogP contribution in [0.5, 0.6) is 0 Å². The first-order valence-corrected chi connectivity index (χ1v) is 7.70. The summed E-state index contributed by atoms with van der Waals surface area (Å²) in [7, 11) is 6.10. The fraction of sp³-hybridized carbons (Fsp3) is 0.769. The molecule has 18 heavy (non-hydrogen) atoms. The Labute approximate surface area is 115 Å². The molecular weight excluding hydrogens is 244 g/mol. The monoisotopic (exact) mass is 270 g/mol. The quantitative estimate of drug-likeness (QED) is 0.734. The lowest BCUT2D eigenvalue weighted by atomic mass is 10.2. The molecule has 0 aromatic carbocycles. The Morgan fingerprint density at radius 3 is 2.78 bits per heavy atom. The molecular formula is C13H26N4S. The highest BCUT2D eigenvalue weighted by atomic mass is 32.2. The van der Waals surface area contributed by atoms with Gasteiger partial charge in [0.25, 0.3) is 0 Å². The lowest BCUT2D eigenvalue weighted by molar-refractivity contribution is 0.525. The molecule has 5 heteroatoms. The first-order chi connectivity index (χ1) is 8.56. The van der Waals surface area contributed by atoms with E-state index in [9.17, 15) is 0 Å². The van der Waals surface area contributed by atoms with Crippen LogP contribution < -0.4 is 10.2 Å². The fourth-order valence-corrected chi connectivity index (χ4v) is 2.61. The molecule has 0 spiro atoms. The fourth-order valence-electron chi connectivity index (χ4n) is 1.80. The number of aromatic nitrogens is 2. The van der Waals surface area contributed by atoms with Crippen LogP contribution in [0.15, 0.2) is 6.20 Å². The highest BCUT2D eigenvalue weighted by Gasteiger charge is 2.08. The van der Waals surface area contributed by atoms with Crippen molar-refractivity contribution in [3.8, 4) is 0 Å². The summed E-state index contributed by atoms with van der Waals surface area (Å²) in [5, 5.41) is 3.56. The van der Waals surface area contributed by atoms with Gasteiger partial charge in [0.2, 0.25) is 5.95 Å². The van der Waals surface area contributed by atoms with Gasteiger partial charge in [0.15, 0.2) is 0 Å². The van der Waals surface area contributed by atoms with Crippen LogP contribution in [0, 0.1) is 0 Å². The van der Waals surface area contributed by atoms with Crippen molar-refractivity contribution in [2.24, 2.45) is 7.05 Å². The summed E-state index contributed by atoms with van der Waals surface area (Å²) in [4.78, 5) is 6.45. The highest BCUT2D eigenvalue weighted by Crippen LogP contribution is 2.11. The number of hydrogen-bond acceptors (Lipinski definition) is 4. The summed E-state index contributed by atoms with van der Waals surface area (Å²) < 4.78 is 2.14. The zero-order valence-electron chi connectivity index (χ0n) is 12.2. The van der Waals surface area contributed by atoms with Crippen LogP contribution in [-0.4, -0.2) is 41.2 Å². The number of anilines is 1. The Morgan fingerprint density at radius 2 is 2.22 bits per heavy atom. The van der Waals surface area contributed by atoms with Crippen LogP contribution in [0.25, 0.3) is 0 Å². The van der Waals surface area contributed by atoms with Gasteiger partial charge in [-0.25, -0.2) is 4.98 Å². The lowest BCUT2D eigenvalue weighted by Gasteiger charge is -2.15. The van der Waals surface area contributed by atoms with Crippen LogP contribution in [0.1, 0.15) is 26.0 Å². The number of thioether (sulfide) groups is 1. The largest absolute Gasteiger partial charge is 0.348 e. The molecule has 1 aromatic rings. The predicted octanol–water partition coefficient (Wildman–Crippen LogP) is 2.11. The van der Waals surface area contributed by atoms with Crippen molar-refractivity contribution >= 4 is 17.7 Å². The molecule has 0 saturated heterocycles. The smallest absolute Gasteiger partial charge is 0.204 e. The molecule has 0 amide bonds. The maximum Gasteiger partial charge on any atom is 0.204 e. The van der Waals surface area contributed by atoms with E-state index in [1.807, 2.05) is 37.0 Å². The summed E-state index contributed by atoms with van der Waals surface area (Å²) in [6.07, 6.45) is 3.17. The Bertz CT molecular complexity index is 349. The second kappa shape index (κ2) is 7.69. The molecule has 1 unspecified atom stereocenters. The third kappa shape index (κ3) is 4.53. The third-order valence-electron chi connectivity index (χ3n) is 2.99. The van der Waals surface area contributed by atoms with Gasteiger partial charge in [-0.3, -0.25) is 0 Å². The summed E-state index contributed by atoms with van der Waals surface area (Å²) in [6.45, 7) is 5.34. The minimum atomic E-state index is 0.557. The predicted molar refractivity (Wildman–Crippen MR) is 81.5 cm³/mol. The lowest BCUT2D eigenvalue weighted by Crippen LogP contribution is -2.27. The SMILES string of the molecule is CCSCCC(C)NCc1cnc(N(C)C)n1C. The molecule has 1 N–H and O–H groups in total. The van der Waals surface area contributed by atoms with E-state index in [4.69, 9.17) is 0 Å². The topological polar surface area (TPSA) is 33.1 Å². The first-order valence-electron chi connectivity index (χ1n) is 6.55. The van der Waals surface area contributed by atoms with Crippen molar-refractivity contribution < 1.29 is 0 Å². The molecule has 1 heterocycles. The summed E-state index contributed by atoms with van der Waals surface area (Å²) in [5.74, 6) is 3.45. The average molecular weight is 270 g/mol. The number of imidazole rings is 1. The second-order valence-electron chi connectivity index (χ2n) is 4.77. The molecule has 0 saturated carbocycles. The molecule has 1 rings (SSSR count). The number of rotatable bonds is 8. The van der Waals surface area contributed by atoms with Gasteiger partial charge >= 0.3 is 0 Å². The Kier molecular flexibility index (Phi) is 6.57. The van der Waals surface area contributed by atoms with Gasteiger partial charge in [0.05, 0.1) is 11.9 Å². The molecule has 0 bridgehead atoms. The minimum absolute atomic E-state index is 0.557. The Balaban J connectivity index is 2.39. The van der Waals surface area contributed by atoms with Crippen molar-refractivity contribution in [1.82, 2.24) is 14.9 Å². The van der Waals surface area contributed by atoms with Gasteiger partial charge in [-0.2, -0.15) is 11.8 Å². The van der Waals surface area contributed by atoms with E-state index in [1.54, 1.807) is 0 Å². The maximum absolute atomic E-state index is 4.41. The van der Waals surface area contributed by atoms with Crippen molar-refractivity contribution in [3.63, 3.8) is 0 Å². The first kappa shape index (κ1) is 15.4. The normalized spacial score (nSPS) is 12.7. The van der Waals surface area contributed by atoms with Gasteiger partial charge in [-0.15, -0.1) is 0 Å². The van der Waals surface area contributed by atoms with Crippen LogP contribution in [0.3, 0.4) is 0 Å².